The number of Topliss-reactive ketones (excluding diaryl/α,β-unsaturated/α-hetero) is 1. The van der Waals surface area contributed by atoms with Gasteiger partial charge in [-0.1, -0.05) is 37.1 Å². The van der Waals surface area contributed by atoms with Crippen molar-refractivity contribution in [1.82, 2.24) is 19.8 Å². The van der Waals surface area contributed by atoms with Gasteiger partial charge in [-0.05, 0) is 75.2 Å². The maximum atomic E-state index is 14.3. The van der Waals surface area contributed by atoms with Crippen molar-refractivity contribution in [2.24, 2.45) is 17.1 Å². The number of carbonyl (C=O) groups excluding carboxylic acids is 4. The van der Waals surface area contributed by atoms with Crippen LogP contribution in [0.15, 0.2) is 30.4 Å². The number of ketones is 1. The molecule has 2 aliphatic carbocycles. The minimum atomic E-state index is -3.95. The van der Waals surface area contributed by atoms with E-state index in [-0.39, 0.29) is 43.5 Å². The van der Waals surface area contributed by atoms with Crippen molar-refractivity contribution in [2.75, 3.05) is 6.54 Å². The van der Waals surface area contributed by atoms with Crippen molar-refractivity contribution in [3.05, 3.63) is 47.3 Å². The number of thiocarbonyl (C=S) groups is 1. The predicted molar refractivity (Wildman–Crippen MR) is 177 cm³/mol. The van der Waals surface area contributed by atoms with Crippen LogP contribution in [0.2, 0.25) is 0 Å². The molecule has 2 saturated carbocycles. The van der Waals surface area contributed by atoms with Gasteiger partial charge in [-0.15, -0.1) is 0 Å². The van der Waals surface area contributed by atoms with Gasteiger partial charge < -0.3 is 20.7 Å². The Morgan fingerprint density at radius 2 is 1.92 bits per heavy atom. The Labute approximate surface area is 285 Å². The van der Waals surface area contributed by atoms with Crippen LogP contribution >= 0.6 is 12.2 Å². The molecule has 15 heteroatoms. The Balaban J connectivity index is 1.24. The monoisotopic (exact) mass is 703 g/mol. The Kier molecular flexibility index (Phi) is 9.31. The van der Waals surface area contributed by atoms with Crippen molar-refractivity contribution < 1.29 is 36.7 Å². The average Bonchev–Trinajstić information content (AvgIpc) is 3.81. The molecule has 0 aromatic heterocycles. The lowest BCUT2D eigenvalue weighted by Gasteiger charge is -2.29. The molecular formula is C33H42FN5O7S2. The Bertz CT molecular complexity index is 1660. The fourth-order valence-electron chi connectivity index (χ4n) is 7.19. The van der Waals surface area contributed by atoms with E-state index >= 15 is 0 Å². The lowest BCUT2D eigenvalue weighted by atomic mass is 9.91. The zero-order valence-corrected chi connectivity index (χ0v) is 28.5. The van der Waals surface area contributed by atoms with Gasteiger partial charge in [0, 0.05) is 24.9 Å². The molecule has 12 nitrogen and oxygen atoms in total. The average molecular weight is 704 g/mol. The number of sulfonamides is 1. The molecule has 0 radical (unpaired) electrons. The van der Waals surface area contributed by atoms with Crippen LogP contribution in [0.25, 0.3) is 0 Å². The first-order chi connectivity index (χ1) is 22.7. The molecule has 6 rings (SSSR count). The summed E-state index contributed by atoms with van der Waals surface area (Å²) in [5.41, 5.74) is 5.59. The maximum absolute atomic E-state index is 14.3. The topological polar surface area (TPSA) is 168 Å². The van der Waals surface area contributed by atoms with Gasteiger partial charge in [-0.2, -0.15) is 0 Å². The van der Waals surface area contributed by atoms with Gasteiger partial charge in [0.25, 0.3) is 0 Å². The van der Waals surface area contributed by atoms with Crippen molar-refractivity contribution in [3.63, 3.8) is 0 Å². The summed E-state index contributed by atoms with van der Waals surface area (Å²) in [7, 11) is -3.95. The van der Waals surface area contributed by atoms with Crippen molar-refractivity contribution in [3.8, 4) is 0 Å². The second kappa shape index (κ2) is 13.0. The third-order valence-electron chi connectivity index (χ3n) is 10.6. The van der Waals surface area contributed by atoms with Gasteiger partial charge in [-0.3, -0.25) is 24.0 Å². The number of nitrogens with zero attached hydrogens (tertiary/aromatic N) is 2. The van der Waals surface area contributed by atoms with Crippen LogP contribution in [-0.2, 0) is 42.2 Å². The first-order valence-electron chi connectivity index (χ1n) is 16.6. The summed E-state index contributed by atoms with van der Waals surface area (Å²) in [4.78, 5) is 57.9. The van der Waals surface area contributed by atoms with Crippen LogP contribution < -0.4 is 15.8 Å². The van der Waals surface area contributed by atoms with E-state index in [4.69, 9.17) is 22.7 Å². The SMILES string of the molecule is CC1(S(=O)(=O)NC(=O)[C@]23CC(=O)[C@@H]4C[C@@H](OC(=O)N5Cc6cccc(F)c6C5)CN4C(=O)[C@@H](NC(N)=S)CCCCC/C=C\[C@H]2C3)CC1. The largest absolute Gasteiger partial charge is 0.444 e. The van der Waals surface area contributed by atoms with Gasteiger partial charge in [0.05, 0.1) is 29.3 Å². The summed E-state index contributed by atoms with van der Waals surface area (Å²) in [6.07, 6.45) is 6.66. The predicted octanol–water partition coefficient (Wildman–Crippen LogP) is 2.93. The van der Waals surface area contributed by atoms with Crippen LogP contribution in [0.4, 0.5) is 9.18 Å². The number of ether oxygens (including phenoxy) is 1. The van der Waals surface area contributed by atoms with Crippen molar-refractivity contribution in [2.45, 2.75) is 107 Å². The number of rotatable bonds is 5. The lowest BCUT2D eigenvalue weighted by Crippen LogP contribution is -2.53. The van der Waals surface area contributed by atoms with E-state index in [1.807, 2.05) is 12.2 Å². The molecule has 0 bridgehead atoms. The molecule has 260 valence electrons. The number of hydrogen-bond acceptors (Lipinski definition) is 8. The Morgan fingerprint density at radius 1 is 1.15 bits per heavy atom. The van der Waals surface area contributed by atoms with E-state index in [2.05, 4.69) is 10.0 Å². The van der Waals surface area contributed by atoms with Gasteiger partial charge >= 0.3 is 6.09 Å². The van der Waals surface area contributed by atoms with E-state index < -0.39 is 67.9 Å². The molecule has 5 atom stereocenters. The fraction of sp³-hybridized carbons (Fsp3) is 0.606. The fourth-order valence-corrected chi connectivity index (χ4v) is 8.66. The molecule has 48 heavy (non-hydrogen) atoms. The second-order valence-electron chi connectivity index (χ2n) is 14.1. The number of nitrogens with one attached hydrogen (secondary N) is 2. The number of amides is 3. The summed E-state index contributed by atoms with van der Waals surface area (Å²) >= 11 is 5.06. The standard InChI is InChI=1S/C33H42FN5O7S2/c1-32(12-13-32)48(44,45)37-29(42)33-15-21(33)9-5-3-2-4-6-11-25(36-30(35)47)28(41)39-18-22(14-26(39)27(40)16-33)46-31(43)38-17-20-8-7-10-24(34)23(20)19-38/h5,7-10,21-22,25-26H,2-4,6,11-19H2,1H3,(H,37,42)(H3,35,36,47)/b9-5-/t21-,22+,25-,26-,33+/m0/s1. The molecule has 4 N–H and O–H groups in total. The van der Waals surface area contributed by atoms with E-state index in [0.29, 0.717) is 43.2 Å². The zero-order valence-electron chi connectivity index (χ0n) is 26.9. The highest BCUT2D eigenvalue weighted by Gasteiger charge is 2.62. The molecule has 1 saturated heterocycles. The molecule has 3 heterocycles. The molecule has 0 spiro atoms. The number of hydrogen-bond donors (Lipinski definition) is 3. The van der Waals surface area contributed by atoms with Crippen LogP contribution in [-0.4, -0.2) is 76.5 Å². The molecule has 0 unspecified atom stereocenters. The van der Waals surface area contributed by atoms with Gasteiger partial charge in [0.15, 0.2) is 10.9 Å². The molecule has 3 fully saturated rings. The highest BCUT2D eigenvalue weighted by Crippen LogP contribution is 2.57. The van der Waals surface area contributed by atoms with Crippen LogP contribution in [0.3, 0.4) is 0 Å². The van der Waals surface area contributed by atoms with Gasteiger partial charge in [0.2, 0.25) is 21.8 Å². The van der Waals surface area contributed by atoms with Crippen LogP contribution in [0.1, 0.15) is 82.3 Å². The number of benzene rings is 1. The molecule has 1 aromatic carbocycles. The summed E-state index contributed by atoms with van der Waals surface area (Å²) in [6, 6.07) is 2.79. The number of fused-ring (bicyclic) bond motifs is 3. The minimum Gasteiger partial charge on any atom is -0.444 e. The van der Waals surface area contributed by atoms with Crippen LogP contribution in [0.5, 0.6) is 0 Å². The second-order valence-corrected chi connectivity index (χ2v) is 16.7. The smallest absolute Gasteiger partial charge is 0.410 e. The molecule has 3 aliphatic heterocycles. The number of allylic oxidation sites excluding steroid dienone is 2. The van der Waals surface area contributed by atoms with E-state index in [1.54, 1.807) is 19.1 Å². The highest BCUT2D eigenvalue weighted by molar-refractivity contribution is 7.91. The molecular weight excluding hydrogens is 662 g/mol. The molecule has 5 aliphatic rings. The number of carbonyl (C=O) groups is 4. The van der Waals surface area contributed by atoms with Crippen molar-refractivity contribution in [1.29, 1.82) is 0 Å². The normalized spacial score (nSPS) is 30.5. The van der Waals surface area contributed by atoms with Gasteiger partial charge in [0.1, 0.15) is 18.0 Å². The quantitative estimate of drug-likeness (QED) is 0.307. The first kappa shape index (κ1) is 34.3. The summed E-state index contributed by atoms with van der Waals surface area (Å²) in [6.45, 7) is 1.70. The third kappa shape index (κ3) is 6.80. The van der Waals surface area contributed by atoms with E-state index in [9.17, 15) is 32.0 Å². The molecule has 3 amide bonds. The van der Waals surface area contributed by atoms with Gasteiger partial charge in [-0.25, -0.2) is 17.6 Å². The minimum absolute atomic E-state index is 0.0141. The number of nitrogens with two attached hydrogens (primary N) is 1. The Hall–Kier alpha value is -3.59. The third-order valence-corrected chi connectivity index (χ3v) is 12.9. The Morgan fingerprint density at radius 3 is 2.62 bits per heavy atom. The highest BCUT2D eigenvalue weighted by atomic mass is 32.2. The summed E-state index contributed by atoms with van der Waals surface area (Å²) in [5, 5.41) is 2.80. The maximum Gasteiger partial charge on any atom is 0.410 e. The molecule has 1 aromatic rings. The summed E-state index contributed by atoms with van der Waals surface area (Å²) < 4.78 is 47.5. The van der Waals surface area contributed by atoms with E-state index in [1.165, 1.54) is 15.9 Å². The first-order valence-corrected chi connectivity index (χ1v) is 18.5. The van der Waals surface area contributed by atoms with E-state index in [0.717, 1.165) is 19.3 Å². The number of halogens is 1. The van der Waals surface area contributed by atoms with Crippen molar-refractivity contribution >= 4 is 51.0 Å². The zero-order chi connectivity index (χ0) is 34.4. The van der Waals surface area contributed by atoms with Crippen LogP contribution in [0, 0.1) is 17.2 Å². The summed E-state index contributed by atoms with van der Waals surface area (Å²) in [5.74, 6) is -2.32. The lowest BCUT2D eigenvalue weighted by molar-refractivity contribution is -0.140.